The summed E-state index contributed by atoms with van der Waals surface area (Å²) in [5, 5.41) is 11.7. The van der Waals surface area contributed by atoms with Gasteiger partial charge in [0.25, 0.3) is 5.91 Å². The number of aromatic nitrogens is 3. The van der Waals surface area contributed by atoms with Crippen molar-refractivity contribution in [2.45, 2.75) is 6.92 Å². The number of nitrogens with one attached hydrogen (secondary N) is 3. The second-order valence-corrected chi connectivity index (χ2v) is 9.14. The van der Waals surface area contributed by atoms with Gasteiger partial charge in [-0.3, -0.25) is 9.78 Å². The van der Waals surface area contributed by atoms with Gasteiger partial charge < -0.3 is 25.6 Å². The Labute approximate surface area is 220 Å². The number of aryl methyl sites for hydroxylation is 1. The molecule has 1 fully saturated rings. The minimum Gasteiger partial charge on any atom is -0.383 e. The number of carbonyl (C=O) groups excluding carboxylic acids is 1. The maximum atomic E-state index is 12.7. The minimum atomic E-state index is 0.0188. The Morgan fingerprint density at radius 3 is 2.59 bits per heavy atom. The molecule has 0 spiro atoms. The number of hydrogen-bond donors (Lipinski definition) is 3. The molecule has 5 rings (SSSR count). The standard InChI is InChI=1S/C27H28ClN7O2/c1-18-16-25(31-11-10-30-23-8-9-29-24-17-20(28)4-7-22(23)24)34-27(32-18)33-21-5-2-19(3-6-21)26(36)35-12-14-37-15-13-35/h2-9,16-17H,10-15H2,1H3,(H,29,30)(H2,31,32,33,34). The molecule has 0 unspecified atom stereocenters. The number of morpholine rings is 1. The van der Waals surface area contributed by atoms with Gasteiger partial charge in [-0.25, -0.2) is 4.98 Å². The van der Waals surface area contributed by atoms with Gasteiger partial charge in [0.2, 0.25) is 5.95 Å². The number of benzene rings is 2. The Bertz CT molecular complexity index is 1390. The predicted octanol–water partition coefficient (Wildman–Crippen LogP) is 4.73. The highest BCUT2D eigenvalue weighted by molar-refractivity contribution is 6.31. The Morgan fingerprint density at radius 2 is 1.78 bits per heavy atom. The molecule has 0 atom stereocenters. The van der Waals surface area contributed by atoms with E-state index in [2.05, 4.69) is 30.9 Å². The molecule has 4 aromatic rings. The number of ether oxygens (including phenoxy) is 1. The highest BCUT2D eigenvalue weighted by Gasteiger charge is 2.18. The number of anilines is 4. The van der Waals surface area contributed by atoms with Crippen molar-refractivity contribution in [3.63, 3.8) is 0 Å². The number of amides is 1. The van der Waals surface area contributed by atoms with E-state index in [1.807, 2.05) is 66.4 Å². The molecule has 1 aliphatic rings. The summed E-state index contributed by atoms with van der Waals surface area (Å²) in [5.74, 6) is 1.23. The van der Waals surface area contributed by atoms with E-state index in [0.717, 1.165) is 33.8 Å². The number of halogens is 1. The van der Waals surface area contributed by atoms with Crippen molar-refractivity contribution in [3.05, 3.63) is 77.1 Å². The van der Waals surface area contributed by atoms with Crippen molar-refractivity contribution in [1.82, 2.24) is 19.9 Å². The summed E-state index contributed by atoms with van der Waals surface area (Å²) < 4.78 is 5.33. The van der Waals surface area contributed by atoms with Gasteiger partial charge in [-0.2, -0.15) is 4.98 Å². The zero-order valence-corrected chi connectivity index (χ0v) is 21.3. The molecule has 0 radical (unpaired) electrons. The van der Waals surface area contributed by atoms with Crippen LogP contribution in [0.5, 0.6) is 0 Å². The maximum absolute atomic E-state index is 12.7. The first-order chi connectivity index (χ1) is 18.0. The summed E-state index contributed by atoms with van der Waals surface area (Å²) in [7, 11) is 0. The topological polar surface area (TPSA) is 104 Å². The van der Waals surface area contributed by atoms with Crippen LogP contribution in [0.3, 0.4) is 0 Å². The van der Waals surface area contributed by atoms with Crippen LogP contribution >= 0.6 is 11.6 Å². The molecule has 0 aliphatic carbocycles. The first-order valence-corrected chi connectivity index (χ1v) is 12.5. The van der Waals surface area contributed by atoms with Crippen LogP contribution < -0.4 is 16.0 Å². The quantitative estimate of drug-likeness (QED) is 0.288. The van der Waals surface area contributed by atoms with Gasteiger partial charge in [-0.05, 0) is 55.5 Å². The van der Waals surface area contributed by atoms with Gasteiger partial charge in [0.1, 0.15) is 5.82 Å². The van der Waals surface area contributed by atoms with E-state index in [1.165, 1.54) is 0 Å². The lowest BCUT2D eigenvalue weighted by molar-refractivity contribution is 0.0303. The summed E-state index contributed by atoms with van der Waals surface area (Å²) in [6.45, 7) is 5.67. The van der Waals surface area contributed by atoms with Crippen molar-refractivity contribution in [2.24, 2.45) is 0 Å². The third-order valence-corrected chi connectivity index (χ3v) is 6.23. The van der Waals surface area contributed by atoms with Crippen LogP contribution in [-0.4, -0.2) is 65.2 Å². The molecule has 0 saturated carbocycles. The average Bonchev–Trinajstić information content (AvgIpc) is 2.91. The zero-order valence-electron chi connectivity index (χ0n) is 20.5. The normalized spacial score (nSPS) is 13.4. The number of pyridine rings is 1. The van der Waals surface area contributed by atoms with Gasteiger partial charge in [-0.1, -0.05) is 11.6 Å². The summed E-state index contributed by atoms with van der Waals surface area (Å²) in [6.07, 6.45) is 1.77. The van der Waals surface area contributed by atoms with E-state index in [1.54, 1.807) is 6.20 Å². The van der Waals surface area contributed by atoms with Gasteiger partial charge in [0.15, 0.2) is 0 Å². The largest absolute Gasteiger partial charge is 0.383 e. The van der Waals surface area contributed by atoms with Crippen LogP contribution in [0, 0.1) is 6.92 Å². The van der Waals surface area contributed by atoms with E-state index < -0.39 is 0 Å². The van der Waals surface area contributed by atoms with E-state index in [-0.39, 0.29) is 5.91 Å². The number of nitrogens with zero attached hydrogens (tertiary/aromatic N) is 4. The molecule has 190 valence electrons. The zero-order chi connectivity index (χ0) is 25.6. The Kier molecular flexibility index (Phi) is 7.62. The Balaban J connectivity index is 1.17. The number of carbonyl (C=O) groups is 1. The van der Waals surface area contributed by atoms with E-state index in [9.17, 15) is 4.79 Å². The minimum absolute atomic E-state index is 0.0188. The summed E-state index contributed by atoms with van der Waals surface area (Å²) in [6, 6.07) is 16.9. The average molecular weight is 518 g/mol. The summed E-state index contributed by atoms with van der Waals surface area (Å²) >= 11 is 6.08. The van der Waals surface area contributed by atoms with Gasteiger partial charge in [-0.15, -0.1) is 0 Å². The van der Waals surface area contributed by atoms with E-state index in [0.29, 0.717) is 55.9 Å². The Hall–Kier alpha value is -3.95. The fraction of sp³-hybridized carbons (Fsp3) is 0.259. The Morgan fingerprint density at radius 1 is 1.00 bits per heavy atom. The molecular weight excluding hydrogens is 490 g/mol. The molecule has 2 aromatic heterocycles. The molecule has 1 saturated heterocycles. The first kappa shape index (κ1) is 24.7. The van der Waals surface area contributed by atoms with Crippen molar-refractivity contribution in [1.29, 1.82) is 0 Å². The molecule has 3 N–H and O–H groups in total. The van der Waals surface area contributed by atoms with Crippen LogP contribution in [-0.2, 0) is 4.74 Å². The van der Waals surface area contributed by atoms with E-state index in [4.69, 9.17) is 16.3 Å². The van der Waals surface area contributed by atoms with Crippen LogP contribution in [0.15, 0.2) is 60.8 Å². The molecule has 37 heavy (non-hydrogen) atoms. The third-order valence-electron chi connectivity index (χ3n) is 5.99. The van der Waals surface area contributed by atoms with Gasteiger partial charge >= 0.3 is 0 Å². The first-order valence-electron chi connectivity index (χ1n) is 12.2. The number of fused-ring (bicyclic) bond motifs is 1. The second kappa shape index (κ2) is 11.4. The van der Waals surface area contributed by atoms with Crippen molar-refractivity contribution < 1.29 is 9.53 Å². The van der Waals surface area contributed by atoms with Crippen molar-refractivity contribution in [2.75, 3.05) is 55.3 Å². The lowest BCUT2D eigenvalue weighted by atomic mass is 10.1. The second-order valence-electron chi connectivity index (χ2n) is 8.70. The number of hydrogen-bond acceptors (Lipinski definition) is 8. The molecule has 9 nitrogen and oxygen atoms in total. The fourth-order valence-corrected chi connectivity index (χ4v) is 4.32. The summed E-state index contributed by atoms with van der Waals surface area (Å²) in [5.41, 5.74) is 4.15. The third kappa shape index (κ3) is 6.25. The lowest BCUT2D eigenvalue weighted by Gasteiger charge is -2.26. The lowest BCUT2D eigenvalue weighted by Crippen LogP contribution is -2.40. The molecule has 2 aromatic carbocycles. The molecular formula is C27H28ClN7O2. The summed E-state index contributed by atoms with van der Waals surface area (Å²) in [4.78, 5) is 27.9. The molecule has 0 bridgehead atoms. The number of rotatable bonds is 8. The van der Waals surface area contributed by atoms with Crippen LogP contribution in [0.4, 0.5) is 23.1 Å². The smallest absolute Gasteiger partial charge is 0.254 e. The van der Waals surface area contributed by atoms with Gasteiger partial charge in [0, 0.05) is 71.5 Å². The SMILES string of the molecule is Cc1cc(NCCNc2ccnc3cc(Cl)ccc23)nc(Nc2ccc(C(=O)N3CCOCC3)cc2)n1. The monoisotopic (exact) mass is 517 g/mol. The van der Waals surface area contributed by atoms with Crippen LogP contribution in [0.1, 0.15) is 16.1 Å². The molecule has 3 heterocycles. The predicted molar refractivity (Wildman–Crippen MR) is 147 cm³/mol. The fourth-order valence-electron chi connectivity index (χ4n) is 4.15. The maximum Gasteiger partial charge on any atom is 0.254 e. The van der Waals surface area contributed by atoms with Crippen LogP contribution in [0.2, 0.25) is 5.02 Å². The van der Waals surface area contributed by atoms with Crippen molar-refractivity contribution in [3.8, 4) is 0 Å². The van der Waals surface area contributed by atoms with Gasteiger partial charge in [0.05, 0.1) is 18.7 Å². The molecule has 10 heteroatoms. The van der Waals surface area contributed by atoms with Crippen LogP contribution in [0.25, 0.3) is 10.9 Å². The highest BCUT2D eigenvalue weighted by atomic mass is 35.5. The highest BCUT2D eigenvalue weighted by Crippen LogP contribution is 2.24. The molecule has 1 amide bonds. The van der Waals surface area contributed by atoms with Crippen molar-refractivity contribution >= 4 is 51.6 Å². The molecule has 1 aliphatic heterocycles. The van der Waals surface area contributed by atoms with E-state index >= 15 is 0 Å².